The number of thiophene rings is 1. The Balaban J connectivity index is 1.67. The van der Waals surface area contributed by atoms with E-state index in [1.165, 1.54) is 4.88 Å². The van der Waals surface area contributed by atoms with Gasteiger partial charge in [-0.05, 0) is 69.4 Å². The molecule has 2 amide bonds. The van der Waals surface area contributed by atoms with Crippen molar-refractivity contribution in [3.05, 3.63) is 22.7 Å². The molecule has 0 spiro atoms. The van der Waals surface area contributed by atoms with E-state index in [-0.39, 0.29) is 17.9 Å². The Labute approximate surface area is 190 Å². The highest BCUT2D eigenvalue weighted by atomic mass is 32.1. The predicted octanol–water partition coefficient (Wildman–Crippen LogP) is 5.22. The summed E-state index contributed by atoms with van der Waals surface area (Å²) in [6.45, 7) is 11.9. The summed E-state index contributed by atoms with van der Waals surface area (Å²) in [4.78, 5) is 30.5. The first kappa shape index (κ1) is 22.4. The summed E-state index contributed by atoms with van der Waals surface area (Å²) in [6, 6.07) is 4.45. The second-order valence-electron chi connectivity index (χ2n) is 10.3. The van der Waals surface area contributed by atoms with Crippen LogP contribution in [0.4, 0.5) is 0 Å². The van der Waals surface area contributed by atoms with E-state index in [0.29, 0.717) is 19.0 Å². The van der Waals surface area contributed by atoms with Gasteiger partial charge in [0.2, 0.25) is 5.91 Å². The van der Waals surface area contributed by atoms with Crippen LogP contribution in [0.5, 0.6) is 0 Å². The number of fused-ring (bicyclic) bond motifs is 3. The highest BCUT2D eigenvalue weighted by Crippen LogP contribution is 2.36. The molecule has 3 heterocycles. The maximum atomic E-state index is 13.7. The van der Waals surface area contributed by atoms with Crippen LogP contribution in [0.15, 0.2) is 12.1 Å². The lowest BCUT2D eigenvalue weighted by atomic mass is 9.86. The number of carbonyl (C=O) groups excluding carboxylic acids is 2. The average molecular weight is 444 g/mol. The molecular weight excluding hydrogens is 406 g/mol. The zero-order chi connectivity index (χ0) is 22.3. The quantitative estimate of drug-likeness (QED) is 0.665. The van der Waals surface area contributed by atoms with Gasteiger partial charge in [-0.3, -0.25) is 9.59 Å². The fourth-order valence-corrected chi connectivity index (χ4v) is 6.09. The van der Waals surface area contributed by atoms with Crippen LogP contribution in [-0.4, -0.2) is 39.4 Å². The summed E-state index contributed by atoms with van der Waals surface area (Å²) in [7, 11) is 0. The number of rotatable bonds is 6. The van der Waals surface area contributed by atoms with Crippen molar-refractivity contribution in [2.45, 2.75) is 91.3 Å². The van der Waals surface area contributed by atoms with Crippen molar-refractivity contribution >= 4 is 33.4 Å². The Morgan fingerprint density at radius 3 is 2.61 bits per heavy atom. The highest BCUT2D eigenvalue weighted by Gasteiger charge is 2.48. The minimum Gasteiger partial charge on any atom is -0.351 e. The summed E-state index contributed by atoms with van der Waals surface area (Å²) >= 11 is 1.76. The van der Waals surface area contributed by atoms with Crippen LogP contribution in [0.2, 0.25) is 0 Å². The topological polar surface area (TPSA) is 54.3 Å². The van der Waals surface area contributed by atoms with Crippen LogP contribution in [0.3, 0.4) is 0 Å². The summed E-state index contributed by atoms with van der Waals surface area (Å²) in [6.07, 6.45) is 6.27. The number of hydrogen-bond donors (Lipinski definition) is 1. The first-order chi connectivity index (χ1) is 14.7. The van der Waals surface area contributed by atoms with E-state index in [2.05, 4.69) is 43.6 Å². The summed E-state index contributed by atoms with van der Waals surface area (Å²) in [5, 5.41) is 3.33. The minimum atomic E-state index is -0.873. The Morgan fingerprint density at radius 2 is 1.97 bits per heavy atom. The van der Waals surface area contributed by atoms with Crippen LogP contribution in [0.1, 0.15) is 82.1 Å². The van der Waals surface area contributed by atoms with Gasteiger partial charge in [0.15, 0.2) is 0 Å². The highest BCUT2D eigenvalue weighted by molar-refractivity contribution is 7.19. The lowest BCUT2D eigenvalue weighted by Crippen LogP contribution is -2.65. The first-order valence-corrected chi connectivity index (χ1v) is 12.8. The van der Waals surface area contributed by atoms with Gasteiger partial charge in [-0.2, -0.15) is 0 Å². The molecule has 1 unspecified atom stereocenters. The molecule has 1 aliphatic carbocycles. The largest absolute Gasteiger partial charge is 0.351 e. The number of hydrogen-bond acceptors (Lipinski definition) is 3. The van der Waals surface area contributed by atoms with Crippen molar-refractivity contribution in [2.24, 2.45) is 11.8 Å². The fourth-order valence-electron chi connectivity index (χ4n) is 5.05. The molecule has 0 bridgehead atoms. The normalized spacial score (nSPS) is 26.5. The van der Waals surface area contributed by atoms with Crippen LogP contribution in [-0.2, 0) is 17.8 Å². The molecule has 1 aliphatic heterocycles. The summed E-state index contributed by atoms with van der Waals surface area (Å²) in [5.41, 5.74) is 0.950. The van der Waals surface area contributed by atoms with Gasteiger partial charge in [0.1, 0.15) is 11.2 Å². The van der Waals surface area contributed by atoms with E-state index >= 15 is 0 Å². The second kappa shape index (κ2) is 8.61. The van der Waals surface area contributed by atoms with Gasteiger partial charge in [-0.1, -0.05) is 27.7 Å². The zero-order valence-electron chi connectivity index (χ0n) is 19.7. The maximum Gasteiger partial charge on any atom is 0.271 e. The van der Waals surface area contributed by atoms with Gasteiger partial charge in [-0.25, -0.2) is 0 Å². The van der Waals surface area contributed by atoms with Crippen molar-refractivity contribution in [1.29, 1.82) is 0 Å². The maximum absolute atomic E-state index is 13.7. The Bertz CT molecular complexity index is 967. The molecule has 1 fully saturated rings. The molecule has 5 nitrogen and oxygen atoms in total. The molecule has 1 atom stereocenters. The van der Waals surface area contributed by atoms with Crippen molar-refractivity contribution in [1.82, 2.24) is 14.8 Å². The molecule has 6 heteroatoms. The predicted molar refractivity (Wildman–Crippen MR) is 128 cm³/mol. The summed E-state index contributed by atoms with van der Waals surface area (Å²) < 4.78 is 3.25. The lowest BCUT2D eigenvalue weighted by Gasteiger charge is -2.45. The van der Waals surface area contributed by atoms with Gasteiger partial charge in [0, 0.05) is 17.5 Å². The first-order valence-electron chi connectivity index (χ1n) is 12.0. The number of aryl methyl sites for hydroxylation is 1. The molecular formula is C25H37N3O2S. The van der Waals surface area contributed by atoms with Crippen molar-refractivity contribution in [3.63, 3.8) is 0 Å². The Morgan fingerprint density at radius 1 is 1.26 bits per heavy atom. The SMILES string of the molecule is CCc1cc2c(cc3n2CC(C)(C(=O)NC2CCC(C)CC2)N(CCC(C)C)C3=O)s1. The standard InChI is InChI=1S/C25H37N3O2S/c1-6-19-13-20-22(31-19)14-21-23(29)28(12-11-16(2)3)25(5,15-27(20)21)24(30)26-18-9-7-17(4)8-10-18/h13-14,16-18H,6-12,15H2,1-5H3,(H,26,30). The molecule has 170 valence electrons. The molecule has 31 heavy (non-hydrogen) atoms. The summed E-state index contributed by atoms with van der Waals surface area (Å²) in [5.74, 6) is 1.21. The number of nitrogens with one attached hydrogen (secondary N) is 1. The van der Waals surface area contributed by atoms with Crippen molar-refractivity contribution in [3.8, 4) is 0 Å². The Hall–Kier alpha value is -1.82. The molecule has 2 aromatic heterocycles. The Kier molecular flexibility index (Phi) is 6.21. The monoisotopic (exact) mass is 443 g/mol. The van der Waals surface area contributed by atoms with Gasteiger partial charge in [-0.15, -0.1) is 11.3 Å². The fraction of sp³-hybridized carbons (Fsp3) is 0.680. The molecule has 0 radical (unpaired) electrons. The average Bonchev–Trinajstić information content (AvgIpc) is 3.28. The number of amides is 2. The van der Waals surface area contributed by atoms with E-state index in [1.54, 1.807) is 11.3 Å². The van der Waals surface area contributed by atoms with Gasteiger partial charge < -0.3 is 14.8 Å². The third kappa shape index (κ3) is 4.15. The zero-order valence-corrected chi connectivity index (χ0v) is 20.5. The van der Waals surface area contributed by atoms with Crippen LogP contribution in [0.25, 0.3) is 10.2 Å². The molecule has 2 aromatic rings. The van der Waals surface area contributed by atoms with Crippen LogP contribution >= 0.6 is 11.3 Å². The third-order valence-corrected chi connectivity index (χ3v) is 8.50. The van der Waals surface area contributed by atoms with Gasteiger partial charge >= 0.3 is 0 Å². The van der Waals surface area contributed by atoms with Gasteiger partial charge in [0.05, 0.1) is 16.8 Å². The van der Waals surface area contributed by atoms with Gasteiger partial charge in [0.25, 0.3) is 5.91 Å². The van der Waals surface area contributed by atoms with Crippen LogP contribution in [0, 0.1) is 11.8 Å². The smallest absolute Gasteiger partial charge is 0.271 e. The minimum absolute atomic E-state index is 0.00241. The van der Waals surface area contributed by atoms with Crippen molar-refractivity contribution in [2.75, 3.05) is 6.54 Å². The molecule has 0 saturated heterocycles. The number of aromatic nitrogens is 1. The molecule has 1 saturated carbocycles. The van der Waals surface area contributed by atoms with E-state index in [0.717, 1.165) is 60.4 Å². The van der Waals surface area contributed by atoms with E-state index in [1.807, 2.05) is 17.9 Å². The molecule has 0 aromatic carbocycles. The van der Waals surface area contributed by atoms with E-state index in [4.69, 9.17) is 0 Å². The second-order valence-corrected chi connectivity index (χ2v) is 11.4. The van der Waals surface area contributed by atoms with E-state index < -0.39 is 5.54 Å². The van der Waals surface area contributed by atoms with Crippen LogP contribution < -0.4 is 5.32 Å². The number of carbonyl (C=O) groups is 2. The number of nitrogens with zero attached hydrogens (tertiary/aromatic N) is 2. The molecule has 2 aliphatic rings. The third-order valence-electron chi connectivity index (χ3n) is 7.29. The lowest BCUT2D eigenvalue weighted by molar-refractivity contribution is -0.134. The van der Waals surface area contributed by atoms with E-state index in [9.17, 15) is 9.59 Å². The molecule has 4 rings (SSSR count). The van der Waals surface area contributed by atoms with Crippen molar-refractivity contribution < 1.29 is 9.59 Å². The molecule has 1 N–H and O–H groups in total.